The van der Waals surface area contributed by atoms with Crippen LogP contribution in [0, 0.1) is 5.92 Å². The van der Waals surface area contributed by atoms with Crippen molar-refractivity contribution in [3.05, 3.63) is 0 Å². The minimum atomic E-state index is -0.445. The van der Waals surface area contributed by atoms with Gasteiger partial charge in [-0.25, -0.2) is 0 Å². The van der Waals surface area contributed by atoms with Crippen molar-refractivity contribution >= 4 is 5.97 Å². The molecule has 0 aromatic carbocycles. The lowest BCUT2D eigenvalue weighted by Crippen LogP contribution is -2.33. The Morgan fingerprint density at radius 2 is 2.08 bits per heavy atom. The van der Waals surface area contributed by atoms with Crippen LogP contribution in [0.4, 0.5) is 0 Å². The molecule has 2 atom stereocenters. The molecule has 0 amide bonds. The third-order valence-corrected chi connectivity index (χ3v) is 1.94. The predicted octanol–water partition coefficient (Wildman–Crippen LogP) is 1.31. The third kappa shape index (κ3) is 4.34. The van der Waals surface area contributed by atoms with Gasteiger partial charge in [0.15, 0.2) is 0 Å². The van der Waals surface area contributed by atoms with Crippen molar-refractivity contribution in [1.29, 1.82) is 0 Å². The molecule has 0 aromatic rings. The minimum absolute atomic E-state index is 0.280. The zero-order chi connectivity index (χ0) is 9.56. The lowest BCUT2D eigenvalue weighted by Gasteiger charge is -2.14. The van der Waals surface area contributed by atoms with Crippen LogP contribution in [-0.2, 0) is 9.53 Å². The molecule has 3 heteroatoms. The zero-order valence-electron chi connectivity index (χ0n) is 8.17. The Hall–Kier alpha value is -0.570. The molecule has 0 fully saturated rings. The normalized spacial score (nSPS) is 15.3. The van der Waals surface area contributed by atoms with E-state index in [2.05, 4.69) is 13.8 Å². The summed E-state index contributed by atoms with van der Waals surface area (Å²) >= 11 is 0. The molecule has 3 nitrogen and oxygen atoms in total. The fourth-order valence-corrected chi connectivity index (χ4v) is 0.946. The van der Waals surface area contributed by atoms with Gasteiger partial charge in [0.05, 0.1) is 6.61 Å². The van der Waals surface area contributed by atoms with Gasteiger partial charge in [-0.2, -0.15) is 0 Å². The highest BCUT2D eigenvalue weighted by Gasteiger charge is 2.16. The van der Waals surface area contributed by atoms with Crippen molar-refractivity contribution in [2.75, 3.05) is 6.61 Å². The second-order valence-corrected chi connectivity index (χ2v) is 3.11. The van der Waals surface area contributed by atoms with E-state index in [0.717, 1.165) is 12.8 Å². The summed E-state index contributed by atoms with van der Waals surface area (Å²) in [6.45, 7) is 6.36. The Morgan fingerprint density at radius 3 is 2.50 bits per heavy atom. The summed E-state index contributed by atoms with van der Waals surface area (Å²) in [5.74, 6) is 0.210. The third-order valence-electron chi connectivity index (χ3n) is 1.94. The fourth-order valence-electron chi connectivity index (χ4n) is 0.946. The van der Waals surface area contributed by atoms with E-state index in [0.29, 0.717) is 12.5 Å². The van der Waals surface area contributed by atoms with E-state index in [1.165, 1.54) is 0 Å². The number of hydrogen-bond donors (Lipinski definition) is 1. The molecule has 0 saturated carbocycles. The first-order valence-corrected chi connectivity index (χ1v) is 4.54. The molecule has 0 radical (unpaired) electrons. The maximum absolute atomic E-state index is 11.0. The molecule has 0 rings (SSSR count). The largest absolute Gasteiger partial charge is 0.465 e. The first kappa shape index (κ1) is 11.4. The molecule has 0 saturated heterocycles. The van der Waals surface area contributed by atoms with E-state index in [1.54, 1.807) is 6.92 Å². The number of hydrogen-bond acceptors (Lipinski definition) is 3. The van der Waals surface area contributed by atoms with Gasteiger partial charge >= 0.3 is 5.97 Å². The monoisotopic (exact) mass is 173 g/mol. The van der Waals surface area contributed by atoms with E-state index in [1.807, 2.05) is 0 Å². The molecule has 0 spiro atoms. The van der Waals surface area contributed by atoms with E-state index < -0.39 is 6.04 Å². The van der Waals surface area contributed by atoms with Gasteiger partial charge in [-0.1, -0.05) is 20.3 Å². The highest BCUT2D eigenvalue weighted by Crippen LogP contribution is 2.09. The lowest BCUT2D eigenvalue weighted by molar-refractivity contribution is -0.145. The van der Waals surface area contributed by atoms with Gasteiger partial charge in [-0.3, -0.25) is 4.79 Å². The maximum atomic E-state index is 11.0. The Labute approximate surface area is 74.3 Å². The van der Waals surface area contributed by atoms with Gasteiger partial charge in [-0.05, 0) is 19.3 Å². The summed E-state index contributed by atoms with van der Waals surface area (Å²) in [6, 6.07) is -0.445. The van der Waals surface area contributed by atoms with Crippen molar-refractivity contribution in [2.24, 2.45) is 11.7 Å². The summed E-state index contributed by atoms with van der Waals surface area (Å²) in [5, 5.41) is 0. The van der Waals surface area contributed by atoms with Gasteiger partial charge in [-0.15, -0.1) is 0 Å². The standard InChI is InChI=1S/C9H19NO2/c1-4-7(3)6-8(10)9(11)12-5-2/h7-8H,4-6,10H2,1-3H3/t7-,8+/m1/s1. The van der Waals surface area contributed by atoms with Gasteiger partial charge in [0, 0.05) is 0 Å². The maximum Gasteiger partial charge on any atom is 0.322 e. The van der Waals surface area contributed by atoms with Crippen molar-refractivity contribution in [2.45, 2.75) is 39.7 Å². The van der Waals surface area contributed by atoms with Crippen LogP contribution in [0.5, 0.6) is 0 Å². The van der Waals surface area contributed by atoms with Crippen LogP contribution < -0.4 is 5.73 Å². The summed E-state index contributed by atoms with van der Waals surface area (Å²) in [7, 11) is 0. The number of carbonyl (C=O) groups excluding carboxylic acids is 1. The summed E-state index contributed by atoms with van der Waals surface area (Å²) in [5.41, 5.74) is 5.61. The van der Waals surface area contributed by atoms with Crippen LogP contribution in [0.3, 0.4) is 0 Å². The molecule has 0 aliphatic rings. The smallest absolute Gasteiger partial charge is 0.322 e. The molecule has 0 heterocycles. The van der Waals surface area contributed by atoms with E-state index in [9.17, 15) is 4.79 Å². The van der Waals surface area contributed by atoms with Crippen LogP contribution in [0.1, 0.15) is 33.6 Å². The molecule has 0 bridgehead atoms. The van der Waals surface area contributed by atoms with E-state index >= 15 is 0 Å². The fraction of sp³-hybridized carbons (Fsp3) is 0.889. The Balaban J connectivity index is 3.70. The summed E-state index contributed by atoms with van der Waals surface area (Å²) < 4.78 is 4.79. The predicted molar refractivity (Wildman–Crippen MR) is 48.7 cm³/mol. The molecule has 0 unspecified atom stereocenters. The van der Waals surface area contributed by atoms with Crippen LogP contribution in [0.2, 0.25) is 0 Å². The van der Waals surface area contributed by atoms with Crippen molar-refractivity contribution in [3.63, 3.8) is 0 Å². The van der Waals surface area contributed by atoms with Gasteiger partial charge in [0.25, 0.3) is 0 Å². The first-order valence-electron chi connectivity index (χ1n) is 4.54. The quantitative estimate of drug-likeness (QED) is 0.638. The second kappa shape index (κ2) is 6.00. The topological polar surface area (TPSA) is 52.3 Å². The zero-order valence-corrected chi connectivity index (χ0v) is 8.17. The molecular weight excluding hydrogens is 154 g/mol. The van der Waals surface area contributed by atoms with Crippen LogP contribution in [-0.4, -0.2) is 18.6 Å². The van der Waals surface area contributed by atoms with Crippen LogP contribution >= 0.6 is 0 Å². The SMILES string of the molecule is CCOC(=O)[C@@H](N)C[C@H](C)CC. The van der Waals surface area contributed by atoms with Crippen molar-refractivity contribution in [1.82, 2.24) is 0 Å². The van der Waals surface area contributed by atoms with Crippen molar-refractivity contribution < 1.29 is 9.53 Å². The first-order chi connectivity index (χ1) is 5.61. The highest BCUT2D eigenvalue weighted by molar-refractivity contribution is 5.75. The van der Waals surface area contributed by atoms with E-state index in [-0.39, 0.29) is 5.97 Å². The van der Waals surface area contributed by atoms with Gasteiger partial charge < -0.3 is 10.5 Å². The second-order valence-electron chi connectivity index (χ2n) is 3.11. The number of ether oxygens (including phenoxy) is 1. The molecule has 2 N–H and O–H groups in total. The van der Waals surface area contributed by atoms with Gasteiger partial charge in [0.1, 0.15) is 6.04 Å². The Kier molecular flexibility index (Phi) is 5.72. The van der Waals surface area contributed by atoms with E-state index in [4.69, 9.17) is 10.5 Å². The number of esters is 1. The number of nitrogens with two attached hydrogens (primary N) is 1. The van der Waals surface area contributed by atoms with Gasteiger partial charge in [0.2, 0.25) is 0 Å². The Bertz CT molecular complexity index is 136. The summed E-state index contributed by atoms with van der Waals surface area (Å²) in [4.78, 5) is 11.0. The summed E-state index contributed by atoms with van der Waals surface area (Å²) in [6.07, 6.45) is 1.77. The Morgan fingerprint density at radius 1 is 1.50 bits per heavy atom. The number of rotatable bonds is 5. The van der Waals surface area contributed by atoms with Crippen LogP contribution in [0.25, 0.3) is 0 Å². The highest BCUT2D eigenvalue weighted by atomic mass is 16.5. The molecule has 12 heavy (non-hydrogen) atoms. The lowest BCUT2D eigenvalue weighted by atomic mass is 10.0. The average molecular weight is 173 g/mol. The molecule has 0 aromatic heterocycles. The van der Waals surface area contributed by atoms with Crippen LogP contribution in [0.15, 0.2) is 0 Å². The van der Waals surface area contributed by atoms with Crippen molar-refractivity contribution in [3.8, 4) is 0 Å². The molecule has 72 valence electrons. The molecule has 0 aliphatic heterocycles. The molecule has 0 aliphatic carbocycles. The number of carbonyl (C=O) groups is 1. The molecular formula is C9H19NO2. The average Bonchev–Trinajstić information content (AvgIpc) is 2.04. The minimum Gasteiger partial charge on any atom is -0.465 e.